The second-order valence-electron chi connectivity index (χ2n) is 4.82. The number of rotatable bonds is 7. The van der Waals surface area contributed by atoms with E-state index in [1.54, 1.807) is 19.1 Å². The maximum absolute atomic E-state index is 12.4. The maximum atomic E-state index is 12.4. The lowest BCUT2D eigenvalue weighted by molar-refractivity contribution is 0.512. The first-order chi connectivity index (χ1) is 8.94. The fraction of sp³-hybridized carbons (Fsp3) is 0.571. The zero-order valence-electron chi connectivity index (χ0n) is 11.9. The third-order valence-corrected chi connectivity index (χ3v) is 4.89. The molecule has 4 nitrogen and oxygen atoms in total. The van der Waals surface area contributed by atoms with Crippen molar-refractivity contribution >= 4 is 10.0 Å². The van der Waals surface area contributed by atoms with E-state index in [4.69, 9.17) is 5.73 Å². The minimum absolute atomic E-state index is 0.00377. The molecular weight excluding hydrogens is 260 g/mol. The Hall–Kier alpha value is -0.910. The van der Waals surface area contributed by atoms with E-state index >= 15 is 0 Å². The van der Waals surface area contributed by atoms with Gasteiger partial charge in [-0.3, -0.25) is 0 Å². The molecule has 19 heavy (non-hydrogen) atoms. The number of sulfonamides is 1. The van der Waals surface area contributed by atoms with Gasteiger partial charge < -0.3 is 5.73 Å². The Morgan fingerprint density at radius 3 is 2.53 bits per heavy atom. The van der Waals surface area contributed by atoms with E-state index in [1.165, 1.54) is 0 Å². The number of aryl methyl sites for hydroxylation is 1. The van der Waals surface area contributed by atoms with Gasteiger partial charge in [-0.2, -0.15) is 0 Å². The highest BCUT2D eigenvalue weighted by Gasteiger charge is 2.20. The average Bonchev–Trinajstić information content (AvgIpc) is 2.38. The van der Waals surface area contributed by atoms with Gasteiger partial charge in [0.15, 0.2) is 0 Å². The molecule has 0 aliphatic carbocycles. The van der Waals surface area contributed by atoms with Crippen LogP contribution in [0.25, 0.3) is 0 Å². The van der Waals surface area contributed by atoms with Crippen LogP contribution in [0.3, 0.4) is 0 Å². The molecule has 1 atom stereocenters. The predicted molar refractivity (Wildman–Crippen MR) is 78.4 cm³/mol. The molecule has 0 saturated heterocycles. The molecule has 5 heteroatoms. The summed E-state index contributed by atoms with van der Waals surface area (Å²) >= 11 is 0. The Labute approximate surface area is 116 Å². The lowest BCUT2D eigenvalue weighted by Gasteiger charge is -2.17. The van der Waals surface area contributed by atoms with Crippen molar-refractivity contribution < 1.29 is 8.42 Å². The van der Waals surface area contributed by atoms with Gasteiger partial charge in [0, 0.05) is 12.6 Å². The normalized spacial score (nSPS) is 13.5. The SMILES string of the molecule is CCCC(CC)NS(=O)(=O)c1cc(CN)ccc1C. The van der Waals surface area contributed by atoms with Gasteiger partial charge in [-0.05, 0) is 37.0 Å². The zero-order valence-corrected chi connectivity index (χ0v) is 12.8. The van der Waals surface area contributed by atoms with Gasteiger partial charge in [0.1, 0.15) is 0 Å². The van der Waals surface area contributed by atoms with Gasteiger partial charge in [-0.25, -0.2) is 13.1 Å². The van der Waals surface area contributed by atoms with Crippen LogP contribution in [0.15, 0.2) is 23.1 Å². The monoisotopic (exact) mass is 284 g/mol. The Morgan fingerprint density at radius 2 is 2.00 bits per heavy atom. The van der Waals surface area contributed by atoms with Crippen molar-refractivity contribution in [3.8, 4) is 0 Å². The molecular formula is C14H24N2O2S. The Bertz CT molecular complexity index is 512. The zero-order chi connectivity index (χ0) is 14.5. The fourth-order valence-corrected chi connectivity index (χ4v) is 3.69. The number of hydrogen-bond donors (Lipinski definition) is 2. The van der Waals surface area contributed by atoms with Crippen molar-refractivity contribution in [1.29, 1.82) is 0 Å². The molecule has 0 heterocycles. The third kappa shape index (κ3) is 4.30. The topological polar surface area (TPSA) is 72.2 Å². The van der Waals surface area contributed by atoms with E-state index in [1.807, 2.05) is 13.0 Å². The van der Waals surface area contributed by atoms with Gasteiger partial charge in [0.05, 0.1) is 4.90 Å². The first-order valence-electron chi connectivity index (χ1n) is 6.76. The maximum Gasteiger partial charge on any atom is 0.241 e. The van der Waals surface area contributed by atoms with Crippen LogP contribution in [0, 0.1) is 6.92 Å². The highest BCUT2D eigenvalue weighted by atomic mass is 32.2. The minimum Gasteiger partial charge on any atom is -0.326 e. The summed E-state index contributed by atoms with van der Waals surface area (Å²) in [6.45, 7) is 6.19. The van der Waals surface area contributed by atoms with E-state index in [2.05, 4.69) is 11.6 Å². The van der Waals surface area contributed by atoms with E-state index in [9.17, 15) is 8.42 Å². The fourth-order valence-electron chi connectivity index (χ4n) is 2.04. The van der Waals surface area contributed by atoms with Gasteiger partial charge in [0.25, 0.3) is 0 Å². The first kappa shape index (κ1) is 16.1. The second kappa shape index (κ2) is 7.03. The summed E-state index contributed by atoms with van der Waals surface area (Å²) in [5.41, 5.74) is 7.15. The van der Waals surface area contributed by atoms with Crippen LogP contribution in [-0.4, -0.2) is 14.5 Å². The van der Waals surface area contributed by atoms with Crippen LogP contribution in [0.4, 0.5) is 0 Å². The number of benzene rings is 1. The minimum atomic E-state index is -3.46. The molecule has 0 aliphatic heterocycles. The summed E-state index contributed by atoms with van der Waals surface area (Å²) < 4.78 is 27.6. The highest BCUT2D eigenvalue weighted by Crippen LogP contribution is 2.18. The molecule has 0 radical (unpaired) electrons. The summed E-state index contributed by atoms with van der Waals surface area (Å²) in [4.78, 5) is 0.338. The van der Waals surface area contributed by atoms with Crippen LogP contribution in [0.2, 0.25) is 0 Å². The molecule has 0 fully saturated rings. The van der Waals surface area contributed by atoms with Gasteiger partial charge in [-0.1, -0.05) is 32.4 Å². The van der Waals surface area contributed by atoms with Crippen molar-refractivity contribution in [1.82, 2.24) is 4.72 Å². The average molecular weight is 284 g/mol. The standard InChI is InChI=1S/C14H24N2O2S/c1-4-6-13(5-2)16-19(17,18)14-9-12(10-15)8-7-11(14)3/h7-9,13,16H,4-6,10,15H2,1-3H3. The van der Waals surface area contributed by atoms with Gasteiger partial charge in [-0.15, -0.1) is 0 Å². The molecule has 1 rings (SSSR count). The van der Waals surface area contributed by atoms with Crippen molar-refractivity contribution in [3.63, 3.8) is 0 Å². The van der Waals surface area contributed by atoms with E-state index in [0.717, 1.165) is 30.4 Å². The molecule has 3 N–H and O–H groups in total. The van der Waals surface area contributed by atoms with Crippen LogP contribution in [0.1, 0.15) is 44.2 Å². The quantitative estimate of drug-likeness (QED) is 0.807. The summed E-state index contributed by atoms with van der Waals surface area (Å²) in [5, 5.41) is 0. The Morgan fingerprint density at radius 1 is 1.32 bits per heavy atom. The number of hydrogen-bond acceptors (Lipinski definition) is 3. The predicted octanol–water partition coefficient (Wildman–Crippen LogP) is 2.31. The molecule has 0 bridgehead atoms. The van der Waals surface area contributed by atoms with E-state index in [0.29, 0.717) is 11.4 Å². The highest BCUT2D eigenvalue weighted by molar-refractivity contribution is 7.89. The van der Waals surface area contributed by atoms with Crippen LogP contribution < -0.4 is 10.5 Å². The van der Waals surface area contributed by atoms with E-state index < -0.39 is 10.0 Å². The second-order valence-corrected chi connectivity index (χ2v) is 6.50. The summed E-state index contributed by atoms with van der Waals surface area (Å²) in [5.74, 6) is 0. The first-order valence-corrected chi connectivity index (χ1v) is 8.24. The van der Waals surface area contributed by atoms with Crippen LogP contribution in [0.5, 0.6) is 0 Å². The molecule has 0 aromatic heterocycles. The van der Waals surface area contributed by atoms with Crippen molar-refractivity contribution in [3.05, 3.63) is 29.3 Å². The summed E-state index contributed by atoms with van der Waals surface area (Å²) in [6.07, 6.45) is 2.61. The Kier molecular flexibility index (Phi) is 5.97. The molecule has 0 aliphatic rings. The summed E-state index contributed by atoms with van der Waals surface area (Å²) in [6, 6.07) is 5.32. The molecule has 1 aromatic rings. The molecule has 1 unspecified atom stereocenters. The number of nitrogens with two attached hydrogens (primary N) is 1. The lowest BCUT2D eigenvalue weighted by Crippen LogP contribution is -2.34. The summed E-state index contributed by atoms with van der Waals surface area (Å²) in [7, 11) is -3.46. The van der Waals surface area contributed by atoms with Crippen molar-refractivity contribution in [2.24, 2.45) is 5.73 Å². The van der Waals surface area contributed by atoms with E-state index in [-0.39, 0.29) is 6.04 Å². The molecule has 0 amide bonds. The lowest BCUT2D eigenvalue weighted by atomic mass is 10.1. The van der Waals surface area contributed by atoms with Crippen LogP contribution >= 0.6 is 0 Å². The third-order valence-electron chi connectivity index (χ3n) is 3.23. The molecule has 108 valence electrons. The van der Waals surface area contributed by atoms with Gasteiger partial charge in [0.2, 0.25) is 10.0 Å². The largest absolute Gasteiger partial charge is 0.326 e. The smallest absolute Gasteiger partial charge is 0.241 e. The Balaban J connectivity index is 3.05. The van der Waals surface area contributed by atoms with Crippen molar-refractivity contribution in [2.45, 2.75) is 57.5 Å². The number of nitrogens with one attached hydrogen (secondary N) is 1. The molecule has 1 aromatic carbocycles. The van der Waals surface area contributed by atoms with Gasteiger partial charge >= 0.3 is 0 Å². The molecule has 0 spiro atoms. The van der Waals surface area contributed by atoms with Crippen molar-refractivity contribution in [2.75, 3.05) is 0 Å². The van der Waals surface area contributed by atoms with Crippen LogP contribution in [-0.2, 0) is 16.6 Å². The molecule has 0 saturated carbocycles.